The number of nitrogens with zero attached hydrogens (tertiary/aromatic N) is 3. The van der Waals surface area contributed by atoms with Crippen LogP contribution >= 0.6 is 0 Å². The summed E-state index contributed by atoms with van der Waals surface area (Å²) in [7, 11) is 3.43. The Hall–Kier alpha value is -3.05. The Kier molecular flexibility index (Phi) is 6.23. The Morgan fingerprint density at radius 2 is 1.73 bits per heavy atom. The molecular weight excluding hydrogens is 410 g/mol. The molecule has 0 radical (unpaired) electrons. The van der Waals surface area contributed by atoms with E-state index in [2.05, 4.69) is 65.4 Å². The molecule has 3 aromatic rings. The fourth-order valence-electron chi connectivity index (χ4n) is 5.22. The first kappa shape index (κ1) is 21.8. The van der Waals surface area contributed by atoms with Crippen molar-refractivity contribution in [3.8, 4) is 11.5 Å². The molecule has 2 aliphatic heterocycles. The van der Waals surface area contributed by atoms with Gasteiger partial charge in [-0.05, 0) is 53.3 Å². The van der Waals surface area contributed by atoms with E-state index in [-0.39, 0.29) is 0 Å². The Balaban J connectivity index is 1.27. The number of likely N-dealkylation sites (tertiary alicyclic amines) is 1. The summed E-state index contributed by atoms with van der Waals surface area (Å²) >= 11 is 0. The highest BCUT2D eigenvalue weighted by Gasteiger charge is 2.29. The van der Waals surface area contributed by atoms with Crippen molar-refractivity contribution in [1.82, 2.24) is 9.91 Å². The summed E-state index contributed by atoms with van der Waals surface area (Å²) in [4.78, 5) is 2.58. The van der Waals surface area contributed by atoms with Crippen LogP contribution < -0.4 is 9.47 Å². The largest absolute Gasteiger partial charge is 0.497 e. The predicted molar refractivity (Wildman–Crippen MR) is 134 cm³/mol. The second kappa shape index (κ2) is 9.44. The molecule has 3 aromatic carbocycles. The normalized spacial score (nSPS) is 17.1. The van der Waals surface area contributed by atoms with E-state index >= 15 is 0 Å². The number of hydrogen-bond donors (Lipinski definition) is 0. The van der Waals surface area contributed by atoms with Gasteiger partial charge in [-0.25, -0.2) is 0 Å². The van der Waals surface area contributed by atoms with E-state index in [1.165, 1.54) is 21.9 Å². The monoisotopic (exact) mass is 443 g/mol. The lowest BCUT2D eigenvalue weighted by atomic mass is 9.96. The molecule has 0 unspecified atom stereocenters. The van der Waals surface area contributed by atoms with Gasteiger partial charge in [0.2, 0.25) is 0 Å². The Labute approximate surface area is 196 Å². The maximum atomic E-state index is 5.68. The molecule has 5 heteroatoms. The van der Waals surface area contributed by atoms with Crippen LogP contribution in [-0.2, 0) is 13.1 Å². The van der Waals surface area contributed by atoms with E-state index in [1.807, 2.05) is 6.07 Å². The minimum absolute atomic E-state index is 0.463. The Bertz CT molecular complexity index is 1170. The highest BCUT2D eigenvalue weighted by molar-refractivity contribution is 6.04. The number of hydrazone groups is 1. The van der Waals surface area contributed by atoms with Crippen LogP contribution in [0.15, 0.2) is 59.7 Å². The van der Waals surface area contributed by atoms with Crippen molar-refractivity contribution in [2.75, 3.05) is 27.3 Å². The highest BCUT2D eigenvalue weighted by atomic mass is 16.5. The highest BCUT2D eigenvalue weighted by Crippen LogP contribution is 2.35. The lowest BCUT2D eigenvalue weighted by Gasteiger charge is -2.39. The van der Waals surface area contributed by atoms with E-state index in [1.54, 1.807) is 14.2 Å². The predicted octanol–water partition coefficient (Wildman–Crippen LogP) is 5.45. The average Bonchev–Trinajstić information content (AvgIpc) is 2.87. The summed E-state index contributed by atoms with van der Waals surface area (Å²) in [6, 6.07) is 20.0. The zero-order valence-electron chi connectivity index (χ0n) is 19.9. The quantitative estimate of drug-likeness (QED) is 0.508. The fourth-order valence-corrected chi connectivity index (χ4v) is 5.22. The van der Waals surface area contributed by atoms with Crippen molar-refractivity contribution >= 4 is 16.5 Å². The summed E-state index contributed by atoms with van der Waals surface area (Å²) in [6.45, 7) is 6.18. The van der Waals surface area contributed by atoms with Crippen LogP contribution in [0.3, 0.4) is 0 Å². The van der Waals surface area contributed by atoms with Crippen molar-refractivity contribution in [3.05, 3.63) is 71.3 Å². The van der Waals surface area contributed by atoms with Gasteiger partial charge in [-0.2, -0.15) is 5.10 Å². The third-order valence-electron chi connectivity index (χ3n) is 7.02. The smallest absolute Gasteiger partial charge is 0.132 e. The van der Waals surface area contributed by atoms with E-state index in [0.717, 1.165) is 68.2 Å². The molecule has 2 aliphatic rings. The number of hydrogen-bond acceptors (Lipinski definition) is 5. The van der Waals surface area contributed by atoms with E-state index in [9.17, 15) is 0 Å². The molecule has 0 atom stereocenters. The molecule has 1 saturated heterocycles. The average molecular weight is 444 g/mol. The van der Waals surface area contributed by atoms with Crippen LogP contribution in [0.1, 0.15) is 42.9 Å². The van der Waals surface area contributed by atoms with Crippen LogP contribution in [0.5, 0.6) is 11.5 Å². The van der Waals surface area contributed by atoms with Crippen molar-refractivity contribution in [2.24, 2.45) is 5.10 Å². The van der Waals surface area contributed by atoms with Gasteiger partial charge in [0.05, 0.1) is 26.5 Å². The van der Waals surface area contributed by atoms with Crippen LogP contribution in [0.25, 0.3) is 10.8 Å². The van der Waals surface area contributed by atoms with Gasteiger partial charge in [-0.1, -0.05) is 43.3 Å². The van der Waals surface area contributed by atoms with Gasteiger partial charge in [-0.3, -0.25) is 9.91 Å². The molecule has 5 rings (SSSR count). The topological polar surface area (TPSA) is 37.3 Å². The zero-order chi connectivity index (χ0) is 22.8. The molecule has 0 spiro atoms. The molecule has 172 valence electrons. The van der Waals surface area contributed by atoms with Crippen molar-refractivity contribution in [3.63, 3.8) is 0 Å². The Morgan fingerprint density at radius 3 is 2.45 bits per heavy atom. The molecule has 0 aromatic heterocycles. The third kappa shape index (κ3) is 4.42. The number of rotatable bonds is 6. The lowest BCUT2D eigenvalue weighted by molar-refractivity contribution is 0.0999. The maximum absolute atomic E-state index is 5.68. The van der Waals surface area contributed by atoms with Crippen LogP contribution in [0.2, 0.25) is 0 Å². The molecule has 0 amide bonds. The van der Waals surface area contributed by atoms with Gasteiger partial charge >= 0.3 is 0 Å². The first-order valence-electron chi connectivity index (χ1n) is 12.0. The first-order valence-corrected chi connectivity index (χ1v) is 12.0. The van der Waals surface area contributed by atoms with Gasteiger partial charge in [0.1, 0.15) is 11.5 Å². The molecule has 33 heavy (non-hydrogen) atoms. The maximum Gasteiger partial charge on any atom is 0.132 e. The number of piperidine rings is 1. The van der Waals surface area contributed by atoms with Crippen LogP contribution in [0.4, 0.5) is 0 Å². The standard InChI is InChI=1S/C28H33N3O2/c1-4-26-28-23(16-25(32-2)17-27(28)33-3)19-31(29-26)24-11-13-30(14-12-24)18-20-9-10-21-7-5-6-8-22(21)15-20/h5-10,15-17,24H,4,11-14,18-19H2,1-3H3. The summed E-state index contributed by atoms with van der Waals surface area (Å²) in [5.74, 6) is 1.70. The molecule has 2 heterocycles. The zero-order valence-corrected chi connectivity index (χ0v) is 19.9. The number of methoxy groups -OCH3 is 2. The van der Waals surface area contributed by atoms with Gasteiger partial charge < -0.3 is 9.47 Å². The van der Waals surface area contributed by atoms with E-state index in [4.69, 9.17) is 14.6 Å². The molecule has 0 saturated carbocycles. The molecule has 0 N–H and O–H groups in total. The summed E-state index contributed by atoms with van der Waals surface area (Å²) in [6.07, 6.45) is 3.14. The number of benzene rings is 3. The van der Waals surface area contributed by atoms with E-state index < -0.39 is 0 Å². The molecule has 5 nitrogen and oxygen atoms in total. The molecule has 0 aliphatic carbocycles. The van der Waals surface area contributed by atoms with Gasteiger partial charge in [0.15, 0.2) is 0 Å². The second-order valence-corrected chi connectivity index (χ2v) is 9.05. The third-order valence-corrected chi connectivity index (χ3v) is 7.02. The second-order valence-electron chi connectivity index (χ2n) is 9.05. The van der Waals surface area contributed by atoms with Crippen molar-refractivity contribution < 1.29 is 9.47 Å². The van der Waals surface area contributed by atoms with Gasteiger partial charge in [0, 0.05) is 37.3 Å². The van der Waals surface area contributed by atoms with Gasteiger partial charge in [-0.15, -0.1) is 0 Å². The fraction of sp³-hybridized carbons (Fsp3) is 0.393. The molecule has 1 fully saturated rings. The summed E-state index contributed by atoms with van der Waals surface area (Å²) < 4.78 is 11.2. The number of ether oxygens (including phenoxy) is 2. The van der Waals surface area contributed by atoms with Gasteiger partial charge in [0.25, 0.3) is 0 Å². The van der Waals surface area contributed by atoms with Crippen molar-refractivity contribution in [1.29, 1.82) is 0 Å². The molecular formula is C28H33N3O2. The lowest BCUT2D eigenvalue weighted by Crippen LogP contribution is -2.43. The van der Waals surface area contributed by atoms with Crippen LogP contribution in [0, 0.1) is 0 Å². The first-order chi connectivity index (χ1) is 16.2. The molecule has 0 bridgehead atoms. The summed E-state index contributed by atoms with van der Waals surface area (Å²) in [5.41, 5.74) is 4.89. The summed E-state index contributed by atoms with van der Waals surface area (Å²) in [5, 5.41) is 10.0. The number of fused-ring (bicyclic) bond motifs is 2. The van der Waals surface area contributed by atoms with E-state index in [0.29, 0.717) is 6.04 Å². The van der Waals surface area contributed by atoms with Crippen LogP contribution in [-0.4, -0.2) is 49.0 Å². The minimum Gasteiger partial charge on any atom is -0.497 e. The SMILES string of the molecule is CCC1=NN(C2CCN(Cc3ccc4ccccc4c3)CC2)Cc2cc(OC)cc(OC)c21. The Morgan fingerprint density at radius 1 is 0.939 bits per heavy atom. The van der Waals surface area contributed by atoms with Crippen molar-refractivity contribution in [2.45, 2.75) is 45.3 Å². The minimum atomic E-state index is 0.463.